The Bertz CT molecular complexity index is 1210. The highest BCUT2D eigenvalue weighted by molar-refractivity contribution is 5.81. The Morgan fingerprint density at radius 2 is 1.58 bits per heavy atom. The normalized spacial score (nSPS) is 19.9. The Morgan fingerprint density at radius 3 is 2.19 bits per heavy atom. The van der Waals surface area contributed by atoms with E-state index in [1.165, 1.54) is 49.4 Å². The molecule has 0 aromatic carbocycles. The average molecular weight is 602 g/mol. The summed E-state index contributed by atoms with van der Waals surface area (Å²) in [6.45, 7) is 4.07. The lowest BCUT2D eigenvalue weighted by Crippen LogP contribution is -2.45. The van der Waals surface area contributed by atoms with Gasteiger partial charge in [0, 0.05) is 19.3 Å². The van der Waals surface area contributed by atoms with Crippen molar-refractivity contribution < 1.29 is 28.2 Å². The van der Waals surface area contributed by atoms with Gasteiger partial charge in [-0.05, 0) is 12.8 Å². The predicted octanol–water partition coefficient (Wildman–Crippen LogP) is 6.57. The second-order valence-corrected chi connectivity index (χ2v) is 11.4. The second kappa shape index (κ2) is 17.8. The van der Waals surface area contributed by atoms with Crippen molar-refractivity contribution in [2.45, 2.75) is 141 Å². The van der Waals surface area contributed by atoms with Crippen LogP contribution < -0.4 is 5.73 Å². The number of fused-ring (bicyclic) bond motifs is 1. The van der Waals surface area contributed by atoms with E-state index in [0.29, 0.717) is 6.42 Å². The molecule has 0 radical (unpaired) electrons. The van der Waals surface area contributed by atoms with Crippen LogP contribution in [0.1, 0.15) is 129 Å². The Morgan fingerprint density at radius 1 is 1.00 bits per heavy atom. The lowest BCUT2D eigenvalue weighted by Gasteiger charge is -2.28. The van der Waals surface area contributed by atoms with Gasteiger partial charge in [0.2, 0.25) is 5.60 Å². The summed E-state index contributed by atoms with van der Waals surface area (Å²) < 4.78 is 33.2. The molecule has 2 N–H and O–H groups in total. The highest BCUT2D eigenvalue weighted by Crippen LogP contribution is 2.40. The fourth-order valence-corrected chi connectivity index (χ4v) is 5.40. The highest BCUT2D eigenvalue weighted by atomic mass is 19.1. The van der Waals surface area contributed by atoms with Crippen LogP contribution in [-0.2, 0) is 23.8 Å². The Hall–Kier alpha value is -3.26. The van der Waals surface area contributed by atoms with Gasteiger partial charge in [0.25, 0.3) is 0 Å². The van der Waals surface area contributed by atoms with Gasteiger partial charge in [-0.1, -0.05) is 96.8 Å². The molecule has 0 aliphatic carbocycles. The second-order valence-electron chi connectivity index (χ2n) is 11.4. The van der Waals surface area contributed by atoms with Gasteiger partial charge >= 0.3 is 18.0 Å². The first kappa shape index (κ1) is 34.2. The number of nitrogen functional groups attached to an aromatic ring is 1. The summed E-state index contributed by atoms with van der Waals surface area (Å²) in [5, 5.41) is 0. The fraction of sp³-hybridized carbons (Fsp3) is 0.719. The number of carbonyl (C=O) groups is 2. The van der Waals surface area contributed by atoms with Crippen LogP contribution in [0.3, 0.4) is 0 Å². The first-order valence-corrected chi connectivity index (χ1v) is 16.0. The lowest BCUT2D eigenvalue weighted by molar-refractivity contribution is -0.166. The molecule has 1 fully saturated rings. The van der Waals surface area contributed by atoms with Crippen LogP contribution in [-0.4, -0.2) is 49.8 Å². The molecule has 238 valence electrons. The van der Waals surface area contributed by atoms with Gasteiger partial charge < -0.3 is 19.9 Å². The van der Waals surface area contributed by atoms with Gasteiger partial charge in [-0.3, -0.25) is 14.2 Å². The third-order valence-corrected chi connectivity index (χ3v) is 7.95. The molecule has 10 nitrogen and oxygen atoms in total. The number of unbranched alkanes of at least 4 members (excludes halogenated alkanes) is 12. The minimum atomic E-state index is -1.54. The third kappa shape index (κ3) is 10.2. The monoisotopic (exact) mass is 601 g/mol. The first-order valence-electron chi connectivity index (χ1n) is 16.0. The molecule has 1 saturated heterocycles. The maximum absolute atomic E-state index is 14.0. The molecular weight excluding hydrogens is 553 g/mol. The Balaban J connectivity index is 1.65. The van der Waals surface area contributed by atoms with Gasteiger partial charge in [0.05, 0.1) is 6.33 Å². The number of ether oxygens (including phenoxy) is 3. The molecule has 3 heterocycles. The van der Waals surface area contributed by atoms with E-state index in [-0.39, 0.29) is 48.8 Å². The van der Waals surface area contributed by atoms with Gasteiger partial charge in [0.1, 0.15) is 18.9 Å². The van der Waals surface area contributed by atoms with Gasteiger partial charge in [-0.25, -0.2) is 4.98 Å². The Labute approximate surface area is 254 Å². The summed E-state index contributed by atoms with van der Waals surface area (Å²) in [5.41, 5.74) is 4.61. The number of esters is 2. The molecule has 3 atom stereocenters. The van der Waals surface area contributed by atoms with E-state index in [2.05, 4.69) is 34.7 Å². The number of rotatable bonds is 20. The van der Waals surface area contributed by atoms with Gasteiger partial charge in [-0.2, -0.15) is 14.4 Å². The highest BCUT2D eigenvalue weighted by Gasteiger charge is 2.52. The molecule has 1 aliphatic heterocycles. The zero-order valence-corrected chi connectivity index (χ0v) is 25.8. The zero-order chi connectivity index (χ0) is 31.1. The van der Waals surface area contributed by atoms with E-state index in [1.807, 2.05) is 0 Å². The number of terminal acetylenes is 1. The maximum Gasteiger partial charge on any atom is 0.312 e. The van der Waals surface area contributed by atoms with E-state index in [9.17, 15) is 14.0 Å². The topological polar surface area (TPSA) is 131 Å². The van der Waals surface area contributed by atoms with Crippen LogP contribution in [0.2, 0.25) is 0 Å². The molecule has 3 rings (SSSR count). The molecule has 0 saturated carbocycles. The van der Waals surface area contributed by atoms with E-state index in [4.69, 9.17) is 26.4 Å². The summed E-state index contributed by atoms with van der Waals surface area (Å²) in [7, 11) is 0. The summed E-state index contributed by atoms with van der Waals surface area (Å²) >= 11 is 0. The van der Waals surface area contributed by atoms with Crippen LogP contribution in [0.25, 0.3) is 11.2 Å². The number of hydrogen-bond donors (Lipinski definition) is 1. The predicted molar refractivity (Wildman–Crippen MR) is 162 cm³/mol. The van der Waals surface area contributed by atoms with Crippen LogP contribution in [0.5, 0.6) is 0 Å². The van der Waals surface area contributed by atoms with Crippen LogP contribution >= 0.6 is 0 Å². The van der Waals surface area contributed by atoms with Crippen molar-refractivity contribution in [3.63, 3.8) is 0 Å². The minimum absolute atomic E-state index is 0.112. The SMILES string of the molecule is C#C[C@]1(COC(=O)CCCCCCCCC)OC(n2cnc3c(N)nc(F)nc32)C[C@@H]1OC(=O)CCCCCCCCC. The summed E-state index contributed by atoms with van der Waals surface area (Å²) in [6, 6.07) is 0. The standard InChI is InChI=1S/C32H48FN5O5/c1-4-7-9-11-13-15-17-19-26(39)41-22-32(6-3)24(42-27(40)20-18-16-14-12-10-8-5-2)21-25(43-32)38-23-35-28-29(34)36-31(33)37-30(28)38/h3,23-25H,4-5,7-22H2,1-2H3,(H2,34,36,37)/t24-,25?,32+/m0/s1. The maximum atomic E-state index is 14.0. The van der Waals surface area contributed by atoms with Crippen LogP contribution in [0.15, 0.2) is 6.33 Å². The van der Waals surface area contributed by atoms with Crippen molar-refractivity contribution in [2.75, 3.05) is 12.3 Å². The van der Waals surface area contributed by atoms with Crippen molar-refractivity contribution >= 4 is 28.9 Å². The number of nitrogens with two attached hydrogens (primary N) is 1. The third-order valence-electron chi connectivity index (χ3n) is 7.95. The lowest BCUT2D eigenvalue weighted by atomic mass is 9.98. The minimum Gasteiger partial charge on any atom is -0.461 e. The molecule has 1 aliphatic rings. The summed E-state index contributed by atoms with van der Waals surface area (Å²) in [4.78, 5) is 37.0. The van der Waals surface area contributed by atoms with E-state index < -0.39 is 30.0 Å². The number of nitrogens with zero attached hydrogens (tertiary/aromatic N) is 4. The molecular formula is C32H48FN5O5. The van der Waals surface area contributed by atoms with Crippen molar-refractivity contribution in [2.24, 2.45) is 0 Å². The fourth-order valence-electron chi connectivity index (χ4n) is 5.40. The van der Waals surface area contributed by atoms with E-state index >= 15 is 0 Å². The number of hydrogen-bond acceptors (Lipinski definition) is 9. The molecule has 2 aromatic rings. The molecule has 43 heavy (non-hydrogen) atoms. The molecule has 0 amide bonds. The molecule has 11 heteroatoms. The van der Waals surface area contributed by atoms with Crippen molar-refractivity contribution in [1.82, 2.24) is 19.5 Å². The first-order chi connectivity index (χ1) is 20.8. The number of imidazole rings is 1. The summed E-state index contributed by atoms with van der Waals surface area (Å²) in [5.74, 6) is 1.70. The molecule has 2 aromatic heterocycles. The van der Waals surface area contributed by atoms with E-state index in [1.54, 1.807) is 0 Å². The Kier molecular flexibility index (Phi) is 14.1. The summed E-state index contributed by atoms with van der Waals surface area (Å²) in [6.07, 6.45) is 20.3. The van der Waals surface area contributed by atoms with Gasteiger partial charge in [0.15, 0.2) is 17.0 Å². The zero-order valence-electron chi connectivity index (χ0n) is 25.8. The number of anilines is 1. The molecule has 1 unspecified atom stereocenters. The molecule has 0 spiro atoms. The van der Waals surface area contributed by atoms with Crippen LogP contribution in [0.4, 0.5) is 10.2 Å². The van der Waals surface area contributed by atoms with Crippen molar-refractivity contribution in [3.05, 3.63) is 12.4 Å². The average Bonchev–Trinajstić information content (AvgIpc) is 3.57. The van der Waals surface area contributed by atoms with Crippen molar-refractivity contribution in [1.29, 1.82) is 0 Å². The number of aromatic nitrogens is 4. The molecule has 0 bridgehead atoms. The number of carbonyl (C=O) groups excluding carboxylic acids is 2. The van der Waals surface area contributed by atoms with E-state index in [0.717, 1.165) is 44.9 Å². The van der Waals surface area contributed by atoms with Crippen molar-refractivity contribution in [3.8, 4) is 12.3 Å². The largest absolute Gasteiger partial charge is 0.461 e. The number of halogens is 1. The quantitative estimate of drug-likeness (QED) is 0.0774. The van der Waals surface area contributed by atoms with Crippen LogP contribution in [0, 0.1) is 18.4 Å². The van der Waals surface area contributed by atoms with Gasteiger partial charge in [-0.15, -0.1) is 6.42 Å². The smallest absolute Gasteiger partial charge is 0.312 e.